The summed E-state index contributed by atoms with van der Waals surface area (Å²) in [6.07, 6.45) is 6.84. The van der Waals surface area contributed by atoms with E-state index in [4.69, 9.17) is 0 Å². The van der Waals surface area contributed by atoms with E-state index in [0.717, 1.165) is 5.70 Å². The van der Waals surface area contributed by atoms with Crippen LogP contribution in [0.15, 0.2) is 42.2 Å². The minimum absolute atomic E-state index is 1.000. The SMILES string of the molecule is C=C/C=C(\C=N/C=C)N(C)C. The molecule has 0 amide bonds. The molecule has 0 radical (unpaired) electrons. The van der Waals surface area contributed by atoms with Crippen LogP contribution in [-0.2, 0) is 0 Å². The maximum absolute atomic E-state index is 3.89. The summed E-state index contributed by atoms with van der Waals surface area (Å²) in [7, 11) is 3.90. The highest BCUT2D eigenvalue weighted by atomic mass is 15.1. The molecule has 0 rings (SSSR count). The lowest BCUT2D eigenvalue weighted by molar-refractivity contribution is 0.542. The van der Waals surface area contributed by atoms with Crippen molar-refractivity contribution in [1.29, 1.82) is 0 Å². The van der Waals surface area contributed by atoms with E-state index in [-0.39, 0.29) is 0 Å². The normalized spacial score (nSPS) is 11.6. The van der Waals surface area contributed by atoms with Crippen molar-refractivity contribution in [1.82, 2.24) is 4.90 Å². The van der Waals surface area contributed by atoms with Gasteiger partial charge in [-0.3, -0.25) is 4.99 Å². The van der Waals surface area contributed by atoms with Crippen LogP contribution < -0.4 is 0 Å². The average molecular weight is 150 g/mol. The van der Waals surface area contributed by atoms with Gasteiger partial charge in [0.05, 0.1) is 11.9 Å². The molecule has 0 aromatic heterocycles. The van der Waals surface area contributed by atoms with Gasteiger partial charge in [-0.25, -0.2) is 0 Å². The molecule has 0 aromatic rings. The summed E-state index contributed by atoms with van der Waals surface area (Å²) in [4.78, 5) is 5.85. The van der Waals surface area contributed by atoms with Crippen LogP contribution in [0.25, 0.3) is 0 Å². The van der Waals surface area contributed by atoms with E-state index in [1.807, 2.05) is 25.1 Å². The van der Waals surface area contributed by atoms with Crippen molar-refractivity contribution >= 4 is 6.21 Å². The Bertz CT molecular complexity index is 188. The van der Waals surface area contributed by atoms with Crippen LogP contribution in [0, 0.1) is 0 Å². The highest BCUT2D eigenvalue weighted by Crippen LogP contribution is 1.94. The van der Waals surface area contributed by atoms with E-state index in [0.29, 0.717) is 0 Å². The summed E-state index contributed by atoms with van der Waals surface area (Å²) in [5.74, 6) is 0. The quantitative estimate of drug-likeness (QED) is 0.441. The van der Waals surface area contributed by atoms with E-state index >= 15 is 0 Å². The second kappa shape index (κ2) is 5.47. The third-order valence-corrected chi connectivity index (χ3v) is 1.12. The first-order chi connectivity index (χ1) is 5.22. The molecular formula is C9H14N2. The molecule has 0 saturated carbocycles. The zero-order valence-electron chi connectivity index (χ0n) is 7.12. The zero-order chi connectivity index (χ0) is 8.69. The van der Waals surface area contributed by atoms with Crippen molar-refractivity contribution in [3.05, 3.63) is 37.2 Å². The van der Waals surface area contributed by atoms with Gasteiger partial charge in [-0.1, -0.05) is 19.2 Å². The molecule has 0 aliphatic carbocycles. The first-order valence-corrected chi connectivity index (χ1v) is 3.36. The molecule has 0 bridgehead atoms. The topological polar surface area (TPSA) is 15.6 Å². The highest BCUT2D eigenvalue weighted by Gasteiger charge is 1.90. The van der Waals surface area contributed by atoms with Crippen LogP contribution in [0.3, 0.4) is 0 Å². The number of hydrogen-bond donors (Lipinski definition) is 0. The van der Waals surface area contributed by atoms with Gasteiger partial charge in [-0.15, -0.1) is 0 Å². The summed E-state index contributed by atoms with van der Waals surface area (Å²) < 4.78 is 0. The van der Waals surface area contributed by atoms with Crippen LogP contribution in [0.2, 0.25) is 0 Å². The van der Waals surface area contributed by atoms with Gasteiger partial charge in [0.1, 0.15) is 0 Å². The van der Waals surface area contributed by atoms with E-state index in [9.17, 15) is 0 Å². The summed E-state index contributed by atoms with van der Waals surface area (Å²) in [5.41, 5.74) is 1.000. The fraction of sp³-hybridized carbons (Fsp3) is 0.222. The molecule has 0 aliphatic rings. The number of nitrogens with zero attached hydrogens (tertiary/aromatic N) is 2. The monoisotopic (exact) mass is 150 g/mol. The third kappa shape index (κ3) is 4.14. The van der Waals surface area contributed by atoms with Crippen molar-refractivity contribution < 1.29 is 0 Å². The third-order valence-electron chi connectivity index (χ3n) is 1.12. The molecule has 0 aliphatic heterocycles. The fourth-order valence-corrected chi connectivity index (χ4v) is 0.557. The van der Waals surface area contributed by atoms with E-state index in [1.165, 1.54) is 6.20 Å². The lowest BCUT2D eigenvalue weighted by Gasteiger charge is -2.11. The molecule has 0 unspecified atom stereocenters. The van der Waals surface area contributed by atoms with Crippen LogP contribution in [0.1, 0.15) is 0 Å². The largest absolute Gasteiger partial charge is 0.376 e. The number of hydrogen-bond acceptors (Lipinski definition) is 2. The van der Waals surface area contributed by atoms with Gasteiger partial charge in [-0.2, -0.15) is 0 Å². The molecule has 0 aromatic carbocycles. The van der Waals surface area contributed by atoms with Gasteiger partial charge < -0.3 is 4.90 Å². The van der Waals surface area contributed by atoms with Gasteiger partial charge in [0.15, 0.2) is 0 Å². The molecule has 2 heteroatoms. The number of aliphatic imine (C=N–C) groups is 1. The average Bonchev–Trinajstić information content (AvgIpc) is 1.97. The first-order valence-electron chi connectivity index (χ1n) is 3.36. The Balaban J connectivity index is 4.34. The van der Waals surface area contributed by atoms with Gasteiger partial charge in [-0.05, 0) is 6.08 Å². The van der Waals surface area contributed by atoms with Crippen molar-refractivity contribution in [2.75, 3.05) is 14.1 Å². The Morgan fingerprint density at radius 1 is 1.36 bits per heavy atom. The van der Waals surface area contributed by atoms with E-state index < -0.39 is 0 Å². The highest BCUT2D eigenvalue weighted by molar-refractivity contribution is 5.78. The predicted molar refractivity (Wildman–Crippen MR) is 50.7 cm³/mol. The molecule has 0 N–H and O–H groups in total. The number of rotatable bonds is 4. The smallest absolute Gasteiger partial charge is 0.0546 e. The molecule has 11 heavy (non-hydrogen) atoms. The Morgan fingerprint density at radius 2 is 2.00 bits per heavy atom. The van der Waals surface area contributed by atoms with Gasteiger partial charge in [0.25, 0.3) is 0 Å². The maximum Gasteiger partial charge on any atom is 0.0546 e. The van der Waals surface area contributed by atoms with Gasteiger partial charge >= 0.3 is 0 Å². The lowest BCUT2D eigenvalue weighted by atomic mass is 10.4. The molecule has 2 nitrogen and oxygen atoms in total. The Hall–Kier alpha value is -1.31. The Morgan fingerprint density at radius 3 is 2.36 bits per heavy atom. The van der Waals surface area contributed by atoms with Crippen LogP contribution >= 0.6 is 0 Å². The molecular weight excluding hydrogens is 136 g/mol. The Kier molecular flexibility index (Phi) is 4.82. The molecule has 0 spiro atoms. The van der Waals surface area contributed by atoms with E-state index in [2.05, 4.69) is 18.2 Å². The van der Waals surface area contributed by atoms with Gasteiger partial charge in [0, 0.05) is 20.3 Å². The van der Waals surface area contributed by atoms with Crippen molar-refractivity contribution in [2.45, 2.75) is 0 Å². The summed E-state index contributed by atoms with van der Waals surface area (Å²) in [6.45, 7) is 7.08. The molecule has 0 fully saturated rings. The standard InChI is InChI=1S/C9H14N2/c1-5-7-9(11(3)4)8-10-6-2/h5-8H,1-2H2,3-4H3/b9-7+,10-8-. The van der Waals surface area contributed by atoms with Crippen LogP contribution in [0.4, 0.5) is 0 Å². The van der Waals surface area contributed by atoms with E-state index in [1.54, 1.807) is 12.3 Å². The summed E-state index contributed by atoms with van der Waals surface area (Å²) >= 11 is 0. The molecule has 0 heterocycles. The predicted octanol–water partition coefficient (Wildman–Crippen LogP) is 1.83. The minimum atomic E-state index is 1.000. The van der Waals surface area contributed by atoms with Crippen molar-refractivity contribution in [3.63, 3.8) is 0 Å². The summed E-state index contributed by atoms with van der Waals surface area (Å²) in [6, 6.07) is 0. The fourth-order valence-electron chi connectivity index (χ4n) is 0.557. The summed E-state index contributed by atoms with van der Waals surface area (Å²) in [5, 5.41) is 0. The maximum atomic E-state index is 3.89. The van der Waals surface area contributed by atoms with Crippen LogP contribution in [-0.4, -0.2) is 25.2 Å². The minimum Gasteiger partial charge on any atom is -0.376 e. The van der Waals surface area contributed by atoms with Crippen molar-refractivity contribution in [2.24, 2.45) is 4.99 Å². The molecule has 60 valence electrons. The van der Waals surface area contributed by atoms with Gasteiger partial charge in [0.2, 0.25) is 0 Å². The molecule has 0 atom stereocenters. The zero-order valence-corrected chi connectivity index (χ0v) is 7.12. The van der Waals surface area contributed by atoms with Crippen molar-refractivity contribution in [3.8, 4) is 0 Å². The lowest BCUT2D eigenvalue weighted by Crippen LogP contribution is -2.11. The molecule has 0 saturated heterocycles. The first kappa shape index (κ1) is 9.69. The second-order valence-corrected chi connectivity index (χ2v) is 2.18. The Labute approximate surface area is 68.2 Å². The second-order valence-electron chi connectivity index (χ2n) is 2.18. The number of allylic oxidation sites excluding steroid dienone is 3. The van der Waals surface area contributed by atoms with Crippen LogP contribution in [0.5, 0.6) is 0 Å².